The highest BCUT2D eigenvalue weighted by molar-refractivity contribution is 5.83. The molecule has 5 heteroatoms. The molecule has 5 atom stereocenters. The Kier molecular flexibility index (Phi) is 3.93. The SMILES string of the molecule is C[C@@H]1CC2CC(=O)[C@@H](C(N=[N+]=[N-])c3cccnc3)C(C2)C1. The molecule has 0 radical (unpaired) electrons. The van der Waals surface area contributed by atoms with Crippen LogP contribution in [0.5, 0.6) is 0 Å². The number of nitrogens with zero attached hydrogens (tertiary/aromatic N) is 4. The molecule has 2 aliphatic rings. The molecule has 0 aromatic carbocycles. The minimum absolute atomic E-state index is 0.177. The second-order valence-electron chi connectivity index (χ2n) is 6.57. The quantitative estimate of drug-likeness (QED) is 0.476. The van der Waals surface area contributed by atoms with Gasteiger partial charge in [-0.3, -0.25) is 9.78 Å². The summed E-state index contributed by atoms with van der Waals surface area (Å²) in [6.07, 6.45) is 7.36. The van der Waals surface area contributed by atoms with E-state index in [9.17, 15) is 4.79 Å². The second-order valence-corrected chi connectivity index (χ2v) is 6.57. The third-order valence-electron chi connectivity index (χ3n) is 4.99. The van der Waals surface area contributed by atoms with Gasteiger partial charge in [0.1, 0.15) is 5.78 Å². The average Bonchev–Trinajstić information content (AvgIpc) is 2.46. The first kappa shape index (κ1) is 14.1. The van der Waals surface area contributed by atoms with Crippen LogP contribution in [0, 0.1) is 23.7 Å². The monoisotopic (exact) mass is 284 g/mol. The summed E-state index contributed by atoms with van der Waals surface area (Å²) in [6, 6.07) is 3.32. The maximum atomic E-state index is 12.6. The Hall–Kier alpha value is -1.87. The number of rotatable bonds is 3. The predicted octanol–water partition coefficient (Wildman–Crippen LogP) is 4.07. The van der Waals surface area contributed by atoms with Gasteiger partial charge in [-0.25, -0.2) is 0 Å². The molecule has 0 spiro atoms. The van der Waals surface area contributed by atoms with E-state index in [-0.39, 0.29) is 11.7 Å². The number of carbonyl (C=O) groups is 1. The minimum atomic E-state index is -0.410. The Balaban J connectivity index is 1.94. The van der Waals surface area contributed by atoms with Gasteiger partial charge in [0.05, 0.1) is 6.04 Å². The Labute approximate surface area is 124 Å². The van der Waals surface area contributed by atoms with E-state index in [0.717, 1.165) is 24.8 Å². The summed E-state index contributed by atoms with van der Waals surface area (Å²) in [4.78, 5) is 19.7. The van der Waals surface area contributed by atoms with Gasteiger partial charge in [0.15, 0.2) is 0 Å². The lowest BCUT2D eigenvalue weighted by atomic mass is 9.61. The number of pyridine rings is 1. The van der Waals surface area contributed by atoms with E-state index in [1.807, 2.05) is 12.1 Å². The van der Waals surface area contributed by atoms with E-state index < -0.39 is 6.04 Å². The molecular formula is C16H20N4O. The molecule has 0 aliphatic heterocycles. The number of fused-ring (bicyclic) bond motifs is 2. The normalized spacial score (nSPS) is 33.1. The molecule has 110 valence electrons. The summed E-state index contributed by atoms with van der Waals surface area (Å²) in [5.41, 5.74) is 9.77. The molecule has 5 nitrogen and oxygen atoms in total. The van der Waals surface area contributed by atoms with Gasteiger partial charge < -0.3 is 0 Å². The van der Waals surface area contributed by atoms with Crippen molar-refractivity contribution in [2.24, 2.45) is 28.8 Å². The molecular weight excluding hydrogens is 264 g/mol. The summed E-state index contributed by atoms with van der Waals surface area (Å²) in [5, 5.41) is 3.96. The fraction of sp³-hybridized carbons (Fsp3) is 0.625. The van der Waals surface area contributed by atoms with Crippen LogP contribution in [0.25, 0.3) is 10.4 Å². The molecule has 2 fully saturated rings. The smallest absolute Gasteiger partial charge is 0.137 e. The van der Waals surface area contributed by atoms with Crippen molar-refractivity contribution in [3.8, 4) is 0 Å². The maximum absolute atomic E-state index is 12.6. The Morgan fingerprint density at radius 1 is 1.43 bits per heavy atom. The predicted molar refractivity (Wildman–Crippen MR) is 79.2 cm³/mol. The number of Topliss-reactive ketones (excluding diaryl/α,β-unsaturated/α-hetero) is 1. The van der Waals surface area contributed by atoms with Gasteiger partial charge in [-0.15, -0.1) is 0 Å². The van der Waals surface area contributed by atoms with Crippen LogP contribution >= 0.6 is 0 Å². The van der Waals surface area contributed by atoms with Crippen LogP contribution in [0.15, 0.2) is 29.6 Å². The highest BCUT2D eigenvalue weighted by atomic mass is 16.1. The maximum Gasteiger partial charge on any atom is 0.137 e. The van der Waals surface area contributed by atoms with E-state index in [4.69, 9.17) is 5.53 Å². The van der Waals surface area contributed by atoms with Crippen molar-refractivity contribution in [2.75, 3.05) is 0 Å². The van der Waals surface area contributed by atoms with Gasteiger partial charge in [0.25, 0.3) is 0 Å². The molecule has 1 aromatic heterocycles. The largest absolute Gasteiger partial charge is 0.299 e. The summed E-state index contributed by atoms with van der Waals surface area (Å²) in [5.74, 6) is 1.62. The van der Waals surface area contributed by atoms with Crippen molar-refractivity contribution >= 4 is 5.78 Å². The third-order valence-corrected chi connectivity index (χ3v) is 4.99. The van der Waals surface area contributed by atoms with E-state index in [1.54, 1.807) is 12.4 Å². The molecule has 2 aliphatic carbocycles. The average molecular weight is 284 g/mol. The van der Waals surface area contributed by atoms with Crippen molar-refractivity contribution in [3.05, 3.63) is 40.5 Å². The van der Waals surface area contributed by atoms with Gasteiger partial charge in [-0.05, 0) is 54.2 Å². The lowest BCUT2D eigenvalue weighted by Gasteiger charge is -2.43. The topological polar surface area (TPSA) is 78.7 Å². The summed E-state index contributed by atoms with van der Waals surface area (Å²) in [6.45, 7) is 2.26. The van der Waals surface area contributed by atoms with Crippen LogP contribution < -0.4 is 0 Å². The van der Waals surface area contributed by atoms with Crippen LogP contribution in [0.4, 0.5) is 0 Å². The zero-order valence-electron chi connectivity index (χ0n) is 12.2. The highest BCUT2D eigenvalue weighted by Crippen LogP contribution is 2.48. The van der Waals surface area contributed by atoms with Crippen molar-refractivity contribution < 1.29 is 4.79 Å². The Morgan fingerprint density at radius 2 is 2.29 bits per heavy atom. The zero-order chi connectivity index (χ0) is 14.8. The molecule has 0 saturated heterocycles. The van der Waals surface area contributed by atoms with Gasteiger partial charge in [-0.2, -0.15) is 0 Å². The third kappa shape index (κ3) is 2.79. The lowest BCUT2D eigenvalue weighted by molar-refractivity contribution is -0.131. The molecule has 3 rings (SSSR count). The Morgan fingerprint density at radius 3 is 3.00 bits per heavy atom. The number of azide groups is 1. The number of ketones is 1. The van der Waals surface area contributed by atoms with Crippen LogP contribution in [0.3, 0.4) is 0 Å². The summed E-state index contributed by atoms with van der Waals surface area (Å²) >= 11 is 0. The van der Waals surface area contributed by atoms with Gasteiger partial charge in [-0.1, -0.05) is 18.1 Å². The van der Waals surface area contributed by atoms with Crippen LogP contribution in [0.2, 0.25) is 0 Å². The standard InChI is InChI=1S/C16H20N4O/c1-10-5-11-7-13(6-10)15(14(21)8-11)16(19-20-17)12-3-2-4-18-9-12/h2-4,9-11,13,15-16H,5-8H2,1H3/t10-,11?,13?,15+,16?/m1/s1. The highest BCUT2D eigenvalue weighted by Gasteiger charge is 2.44. The van der Waals surface area contributed by atoms with Crippen molar-refractivity contribution in [1.82, 2.24) is 4.98 Å². The van der Waals surface area contributed by atoms with E-state index in [2.05, 4.69) is 21.9 Å². The van der Waals surface area contributed by atoms with Crippen molar-refractivity contribution in [2.45, 2.75) is 38.6 Å². The molecule has 1 aromatic rings. The van der Waals surface area contributed by atoms with Crippen LogP contribution in [-0.2, 0) is 4.79 Å². The number of hydrogen-bond acceptors (Lipinski definition) is 3. The second kappa shape index (κ2) is 5.86. The fourth-order valence-electron chi connectivity index (χ4n) is 4.33. The van der Waals surface area contributed by atoms with E-state index >= 15 is 0 Å². The number of aromatic nitrogens is 1. The first-order chi connectivity index (χ1) is 10.2. The van der Waals surface area contributed by atoms with Crippen LogP contribution in [0.1, 0.15) is 44.2 Å². The van der Waals surface area contributed by atoms with E-state index in [0.29, 0.717) is 24.2 Å². The van der Waals surface area contributed by atoms with Gasteiger partial charge in [0, 0.05) is 29.6 Å². The van der Waals surface area contributed by atoms with Crippen LogP contribution in [-0.4, -0.2) is 10.8 Å². The first-order valence-electron chi connectivity index (χ1n) is 7.66. The fourth-order valence-corrected chi connectivity index (χ4v) is 4.33. The summed E-state index contributed by atoms with van der Waals surface area (Å²) in [7, 11) is 0. The van der Waals surface area contributed by atoms with Gasteiger partial charge >= 0.3 is 0 Å². The molecule has 3 unspecified atom stereocenters. The van der Waals surface area contributed by atoms with E-state index in [1.165, 1.54) is 0 Å². The van der Waals surface area contributed by atoms with Gasteiger partial charge in [0.2, 0.25) is 0 Å². The van der Waals surface area contributed by atoms with Crippen molar-refractivity contribution in [3.63, 3.8) is 0 Å². The molecule has 1 heterocycles. The van der Waals surface area contributed by atoms with Crippen molar-refractivity contribution in [1.29, 1.82) is 0 Å². The first-order valence-corrected chi connectivity index (χ1v) is 7.66. The Bertz CT molecular complexity index is 565. The minimum Gasteiger partial charge on any atom is -0.299 e. The lowest BCUT2D eigenvalue weighted by Crippen LogP contribution is -2.40. The zero-order valence-corrected chi connectivity index (χ0v) is 12.2. The number of carbonyl (C=O) groups excluding carboxylic acids is 1. The molecule has 0 amide bonds. The molecule has 21 heavy (non-hydrogen) atoms. The number of hydrogen-bond donors (Lipinski definition) is 0. The summed E-state index contributed by atoms with van der Waals surface area (Å²) < 4.78 is 0. The molecule has 0 N–H and O–H groups in total. The molecule has 2 saturated carbocycles. The molecule has 2 bridgehead atoms.